The lowest BCUT2D eigenvalue weighted by Crippen LogP contribution is -2.47. The van der Waals surface area contributed by atoms with E-state index in [1.54, 1.807) is 7.11 Å². The molecule has 6 nitrogen and oxygen atoms in total. The Morgan fingerprint density at radius 2 is 1.86 bits per heavy atom. The molecule has 2 aliphatic rings. The Hall–Kier alpha value is -1.30. The Kier molecular flexibility index (Phi) is 5.67. The smallest absolute Gasteiger partial charge is 0.317 e. The van der Waals surface area contributed by atoms with Gasteiger partial charge in [-0.15, -0.1) is 0 Å². The predicted molar refractivity (Wildman–Crippen MR) is 82.8 cm³/mol. The Bertz CT molecular complexity index is 407. The molecule has 6 heteroatoms. The number of aliphatic carboxylic acids is 1. The van der Waals surface area contributed by atoms with E-state index in [9.17, 15) is 9.59 Å². The molecule has 1 saturated carbocycles. The highest BCUT2D eigenvalue weighted by Crippen LogP contribution is 2.26. The van der Waals surface area contributed by atoms with Crippen LogP contribution in [0.3, 0.4) is 0 Å². The molecule has 1 aliphatic heterocycles. The highest BCUT2D eigenvalue weighted by molar-refractivity contribution is 5.74. The minimum atomic E-state index is -0.712. The first kappa shape index (κ1) is 17.1. The number of hydrogen-bond acceptors (Lipinski definition) is 3. The molecule has 2 amide bonds. The van der Waals surface area contributed by atoms with Crippen molar-refractivity contribution in [2.75, 3.05) is 20.2 Å². The minimum Gasteiger partial charge on any atom is -0.481 e. The van der Waals surface area contributed by atoms with Crippen molar-refractivity contribution in [2.45, 2.75) is 63.5 Å². The van der Waals surface area contributed by atoms with Crippen LogP contribution < -0.4 is 5.32 Å². The zero-order valence-electron chi connectivity index (χ0n) is 13.6. The minimum absolute atomic E-state index is 0.0147. The Morgan fingerprint density at radius 1 is 1.18 bits per heavy atom. The number of nitrogens with zero attached hydrogens (tertiary/aromatic N) is 1. The van der Waals surface area contributed by atoms with Gasteiger partial charge in [-0.1, -0.05) is 0 Å². The van der Waals surface area contributed by atoms with Gasteiger partial charge in [0, 0.05) is 26.2 Å². The van der Waals surface area contributed by atoms with Crippen molar-refractivity contribution in [2.24, 2.45) is 5.92 Å². The number of hydrogen-bond donors (Lipinski definition) is 2. The van der Waals surface area contributed by atoms with Crippen LogP contribution in [0.5, 0.6) is 0 Å². The quantitative estimate of drug-likeness (QED) is 0.837. The van der Waals surface area contributed by atoms with E-state index in [1.165, 1.54) is 0 Å². The highest BCUT2D eigenvalue weighted by atomic mass is 16.5. The van der Waals surface area contributed by atoms with Crippen molar-refractivity contribution < 1.29 is 19.4 Å². The number of methoxy groups -OCH3 is 1. The topological polar surface area (TPSA) is 78.9 Å². The van der Waals surface area contributed by atoms with E-state index >= 15 is 0 Å². The fraction of sp³-hybridized carbons (Fsp3) is 0.875. The van der Waals surface area contributed by atoms with E-state index in [0.29, 0.717) is 19.4 Å². The number of ether oxygens (including phenoxy) is 1. The first-order chi connectivity index (χ1) is 10.4. The fourth-order valence-corrected chi connectivity index (χ4v) is 3.41. The second-order valence-corrected chi connectivity index (χ2v) is 6.83. The summed E-state index contributed by atoms with van der Waals surface area (Å²) < 4.78 is 5.56. The SMILES string of the molecule is COC1(C)CCCN(C(=O)NC2CCC(C(=O)O)CC2)CC1. The van der Waals surface area contributed by atoms with Crippen LogP contribution in [0.15, 0.2) is 0 Å². The third-order valence-corrected chi connectivity index (χ3v) is 5.23. The van der Waals surface area contributed by atoms with Crippen LogP contribution in [0.2, 0.25) is 0 Å². The third-order valence-electron chi connectivity index (χ3n) is 5.23. The molecule has 0 radical (unpaired) electrons. The molecule has 0 bridgehead atoms. The van der Waals surface area contributed by atoms with Crippen LogP contribution in [-0.2, 0) is 9.53 Å². The number of nitrogens with one attached hydrogen (secondary N) is 1. The standard InChI is InChI=1S/C16H28N2O4/c1-16(22-2)8-3-10-18(11-9-16)15(21)17-13-6-4-12(5-7-13)14(19)20/h12-13H,3-11H2,1-2H3,(H,17,21)(H,19,20). The Balaban J connectivity index is 1.79. The summed E-state index contributed by atoms with van der Waals surface area (Å²) in [6, 6.07) is 0.0966. The summed E-state index contributed by atoms with van der Waals surface area (Å²) in [4.78, 5) is 25.2. The van der Waals surface area contributed by atoms with E-state index in [-0.39, 0.29) is 23.6 Å². The number of carboxylic acids is 1. The molecule has 1 aliphatic carbocycles. The molecule has 0 spiro atoms. The molecule has 1 unspecified atom stereocenters. The molecule has 2 N–H and O–H groups in total. The van der Waals surface area contributed by atoms with Crippen molar-refractivity contribution in [1.82, 2.24) is 10.2 Å². The Morgan fingerprint density at radius 3 is 2.45 bits per heavy atom. The zero-order chi connectivity index (χ0) is 16.2. The van der Waals surface area contributed by atoms with Crippen LogP contribution in [0.1, 0.15) is 51.9 Å². The summed E-state index contributed by atoms with van der Waals surface area (Å²) >= 11 is 0. The highest BCUT2D eigenvalue weighted by Gasteiger charge is 2.31. The molecule has 1 heterocycles. The van der Waals surface area contributed by atoms with Crippen LogP contribution >= 0.6 is 0 Å². The second-order valence-electron chi connectivity index (χ2n) is 6.83. The van der Waals surface area contributed by atoms with Crippen molar-refractivity contribution >= 4 is 12.0 Å². The fourth-order valence-electron chi connectivity index (χ4n) is 3.41. The van der Waals surface area contributed by atoms with Gasteiger partial charge in [-0.3, -0.25) is 4.79 Å². The van der Waals surface area contributed by atoms with Gasteiger partial charge in [0.25, 0.3) is 0 Å². The van der Waals surface area contributed by atoms with Crippen LogP contribution in [0.4, 0.5) is 4.79 Å². The maximum absolute atomic E-state index is 12.4. The van der Waals surface area contributed by atoms with Gasteiger partial charge >= 0.3 is 12.0 Å². The summed E-state index contributed by atoms with van der Waals surface area (Å²) in [5, 5.41) is 12.1. The molecule has 0 aromatic rings. The van der Waals surface area contributed by atoms with Gasteiger partial charge in [0.1, 0.15) is 0 Å². The van der Waals surface area contributed by atoms with E-state index in [1.807, 2.05) is 4.90 Å². The number of carbonyl (C=O) groups is 2. The number of urea groups is 1. The molecule has 22 heavy (non-hydrogen) atoms. The maximum atomic E-state index is 12.4. The van der Waals surface area contributed by atoms with Crippen molar-refractivity contribution in [3.8, 4) is 0 Å². The third kappa shape index (κ3) is 4.35. The number of carbonyl (C=O) groups excluding carboxylic acids is 1. The van der Waals surface area contributed by atoms with Gasteiger partial charge < -0.3 is 20.1 Å². The van der Waals surface area contributed by atoms with Crippen molar-refractivity contribution in [3.63, 3.8) is 0 Å². The van der Waals surface area contributed by atoms with Crippen molar-refractivity contribution in [1.29, 1.82) is 0 Å². The monoisotopic (exact) mass is 312 g/mol. The molecular weight excluding hydrogens is 284 g/mol. The Labute approximate surface area is 132 Å². The summed E-state index contributed by atoms with van der Waals surface area (Å²) in [7, 11) is 1.73. The van der Waals surface area contributed by atoms with E-state index in [0.717, 1.165) is 38.6 Å². The van der Waals surface area contributed by atoms with Gasteiger partial charge in [-0.2, -0.15) is 0 Å². The summed E-state index contributed by atoms with van der Waals surface area (Å²) in [6.45, 7) is 3.57. The second kappa shape index (κ2) is 7.31. The molecule has 0 aromatic carbocycles. The number of rotatable bonds is 3. The van der Waals surface area contributed by atoms with Gasteiger partial charge in [0.15, 0.2) is 0 Å². The molecule has 1 atom stereocenters. The van der Waals surface area contributed by atoms with Crippen LogP contribution in [0, 0.1) is 5.92 Å². The van der Waals surface area contributed by atoms with Crippen LogP contribution in [-0.4, -0.2) is 53.8 Å². The number of likely N-dealkylation sites (tertiary alicyclic amines) is 1. The summed E-state index contributed by atoms with van der Waals surface area (Å²) in [6.07, 6.45) is 5.59. The molecule has 0 aromatic heterocycles. The summed E-state index contributed by atoms with van der Waals surface area (Å²) in [5.74, 6) is -0.954. The zero-order valence-corrected chi connectivity index (χ0v) is 13.6. The number of amides is 2. The number of carboxylic acid groups (broad SMARTS) is 1. The average Bonchev–Trinajstić information content (AvgIpc) is 2.70. The van der Waals surface area contributed by atoms with Crippen LogP contribution in [0.25, 0.3) is 0 Å². The van der Waals surface area contributed by atoms with Gasteiger partial charge in [0.05, 0.1) is 11.5 Å². The maximum Gasteiger partial charge on any atom is 0.317 e. The first-order valence-electron chi connectivity index (χ1n) is 8.27. The van der Waals surface area contributed by atoms with Crippen molar-refractivity contribution in [3.05, 3.63) is 0 Å². The van der Waals surface area contributed by atoms with Gasteiger partial charge in [0.2, 0.25) is 0 Å². The lowest BCUT2D eigenvalue weighted by Gasteiger charge is -2.30. The van der Waals surface area contributed by atoms with E-state index in [2.05, 4.69) is 12.2 Å². The lowest BCUT2D eigenvalue weighted by molar-refractivity contribution is -0.142. The van der Waals surface area contributed by atoms with E-state index < -0.39 is 5.97 Å². The first-order valence-corrected chi connectivity index (χ1v) is 8.27. The average molecular weight is 312 g/mol. The molecule has 1 saturated heterocycles. The largest absolute Gasteiger partial charge is 0.481 e. The van der Waals surface area contributed by atoms with E-state index in [4.69, 9.17) is 9.84 Å². The molecule has 2 rings (SSSR count). The molecular formula is C16H28N2O4. The normalized spacial score (nSPS) is 33.1. The van der Waals surface area contributed by atoms with Gasteiger partial charge in [-0.05, 0) is 51.9 Å². The van der Waals surface area contributed by atoms with Gasteiger partial charge in [-0.25, -0.2) is 4.79 Å². The predicted octanol–water partition coefficient (Wildman–Crippen LogP) is 2.23. The molecule has 2 fully saturated rings. The lowest BCUT2D eigenvalue weighted by atomic mass is 9.86. The molecule has 126 valence electrons. The summed E-state index contributed by atoms with van der Waals surface area (Å²) in [5.41, 5.74) is -0.130.